The van der Waals surface area contributed by atoms with E-state index in [1.54, 1.807) is 0 Å². The molecule has 0 aromatic rings. The van der Waals surface area contributed by atoms with Gasteiger partial charge in [-0.3, -0.25) is 11.3 Å². The number of hydrogen-bond donors (Lipinski definition) is 2. The molecule has 3 N–H and O–H groups in total. The molecule has 3 unspecified atom stereocenters. The lowest BCUT2D eigenvalue weighted by atomic mass is 9.80. The van der Waals surface area contributed by atoms with Crippen molar-refractivity contribution >= 4 is 0 Å². The predicted octanol–water partition coefficient (Wildman–Crippen LogP) is 1.06. The van der Waals surface area contributed by atoms with Gasteiger partial charge in [-0.2, -0.15) is 0 Å². The minimum atomic E-state index is 0.392. The molecule has 4 nitrogen and oxygen atoms in total. The molecular weight excluding hydrogens is 204 g/mol. The molecule has 2 rings (SSSR count). The minimum absolute atomic E-state index is 0.392. The Labute approximate surface area is 97.8 Å². The Hall–Kier alpha value is -0.160. The standard InChI is InChI=1S/C12H24N2O2/c1-2-11-10(5-8-16-11)12(14-13)9-3-6-15-7-4-9/h9-12,14H,2-8,13H2,1H3. The van der Waals surface area contributed by atoms with E-state index in [4.69, 9.17) is 15.3 Å². The van der Waals surface area contributed by atoms with Crippen LogP contribution < -0.4 is 11.3 Å². The van der Waals surface area contributed by atoms with Crippen LogP contribution in [0.25, 0.3) is 0 Å². The molecule has 0 aromatic carbocycles. The van der Waals surface area contributed by atoms with E-state index in [1.165, 1.54) is 0 Å². The molecule has 0 bridgehead atoms. The van der Waals surface area contributed by atoms with Crippen molar-refractivity contribution in [2.75, 3.05) is 19.8 Å². The molecule has 0 aliphatic carbocycles. The highest BCUT2D eigenvalue weighted by molar-refractivity contribution is 4.89. The van der Waals surface area contributed by atoms with Gasteiger partial charge in [-0.1, -0.05) is 6.92 Å². The molecule has 0 spiro atoms. The average molecular weight is 228 g/mol. The lowest BCUT2D eigenvalue weighted by molar-refractivity contribution is 0.0265. The molecule has 2 aliphatic heterocycles. The quantitative estimate of drug-likeness (QED) is 0.558. The highest BCUT2D eigenvalue weighted by Gasteiger charge is 2.37. The molecular formula is C12H24N2O2. The second kappa shape index (κ2) is 5.96. The minimum Gasteiger partial charge on any atom is -0.381 e. The van der Waals surface area contributed by atoms with E-state index < -0.39 is 0 Å². The third kappa shape index (κ3) is 2.56. The summed E-state index contributed by atoms with van der Waals surface area (Å²) < 4.78 is 11.2. The highest BCUT2D eigenvalue weighted by Crippen LogP contribution is 2.32. The van der Waals surface area contributed by atoms with Gasteiger partial charge in [0, 0.05) is 31.8 Å². The van der Waals surface area contributed by atoms with Crippen molar-refractivity contribution in [2.24, 2.45) is 17.7 Å². The Morgan fingerprint density at radius 2 is 2.00 bits per heavy atom. The molecule has 2 heterocycles. The SMILES string of the molecule is CCC1OCCC1C(NN)C1CCOCC1. The fourth-order valence-corrected chi connectivity index (χ4v) is 3.18. The van der Waals surface area contributed by atoms with Gasteiger partial charge >= 0.3 is 0 Å². The monoisotopic (exact) mass is 228 g/mol. The third-order valence-corrected chi connectivity index (χ3v) is 4.09. The predicted molar refractivity (Wildman–Crippen MR) is 62.8 cm³/mol. The number of nitrogens with one attached hydrogen (secondary N) is 1. The molecule has 94 valence electrons. The molecule has 2 aliphatic rings. The van der Waals surface area contributed by atoms with E-state index >= 15 is 0 Å². The summed E-state index contributed by atoms with van der Waals surface area (Å²) in [5.41, 5.74) is 3.04. The highest BCUT2D eigenvalue weighted by atomic mass is 16.5. The first-order chi connectivity index (χ1) is 7.86. The Kier molecular flexibility index (Phi) is 4.58. The van der Waals surface area contributed by atoms with Crippen molar-refractivity contribution in [3.8, 4) is 0 Å². The van der Waals surface area contributed by atoms with Crippen molar-refractivity contribution in [3.05, 3.63) is 0 Å². The number of nitrogens with two attached hydrogens (primary N) is 1. The summed E-state index contributed by atoms with van der Waals surface area (Å²) in [5.74, 6) is 6.99. The first-order valence-corrected chi connectivity index (χ1v) is 6.52. The van der Waals surface area contributed by atoms with Crippen LogP contribution in [-0.4, -0.2) is 32.0 Å². The van der Waals surface area contributed by atoms with E-state index in [9.17, 15) is 0 Å². The lowest BCUT2D eigenvalue weighted by Crippen LogP contribution is -2.49. The van der Waals surface area contributed by atoms with Gasteiger partial charge in [-0.15, -0.1) is 0 Å². The van der Waals surface area contributed by atoms with Crippen LogP contribution in [0.4, 0.5) is 0 Å². The maximum Gasteiger partial charge on any atom is 0.0617 e. The third-order valence-electron chi connectivity index (χ3n) is 4.09. The summed E-state index contributed by atoms with van der Waals surface area (Å²) in [6.07, 6.45) is 4.88. The molecule has 0 saturated carbocycles. The van der Waals surface area contributed by atoms with Crippen molar-refractivity contribution in [1.82, 2.24) is 5.43 Å². The van der Waals surface area contributed by atoms with Crippen LogP contribution in [0.1, 0.15) is 32.6 Å². The van der Waals surface area contributed by atoms with Gasteiger partial charge in [-0.25, -0.2) is 0 Å². The fourth-order valence-electron chi connectivity index (χ4n) is 3.18. The second-order valence-electron chi connectivity index (χ2n) is 4.91. The summed E-state index contributed by atoms with van der Waals surface area (Å²) in [6.45, 7) is 4.85. The summed E-state index contributed by atoms with van der Waals surface area (Å²) in [5, 5.41) is 0. The average Bonchev–Trinajstić information content (AvgIpc) is 2.80. The molecule has 16 heavy (non-hydrogen) atoms. The van der Waals surface area contributed by atoms with Crippen LogP contribution in [0.15, 0.2) is 0 Å². The number of hydrazine groups is 1. The zero-order valence-corrected chi connectivity index (χ0v) is 10.2. The summed E-state index contributed by atoms with van der Waals surface area (Å²) in [4.78, 5) is 0. The van der Waals surface area contributed by atoms with Crippen LogP contribution in [-0.2, 0) is 9.47 Å². The maximum atomic E-state index is 5.76. The van der Waals surface area contributed by atoms with Crippen molar-refractivity contribution in [3.63, 3.8) is 0 Å². The van der Waals surface area contributed by atoms with Crippen LogP contribution >= 0.6 is 0 Å². The molecule has 3 atom stereocenters. The second-order valence-corrected chi connectivity index (χ2v) is 4.91. The molecule has 2 saturated heterocycles. The van der Waals surface area contributed by atoms with Crippen molar-refractivity contribution in [1.29, 1.82) is 0 Å². The van der Waals surface area contributed by atoms with Crippen LogP contribution in [0.3, 0.4) is 0 Å². The molecule has 4 heteroatoms. The number of rotatable bonds is 4. The molecule has 0 radical (unpaired) electrons. The van der Waals surface area contributed by atoms with E-state index in [-0.39, 0.29) is 0 Å². The van der Waals surface area contributed by atoms with Crippen molar-refractivity contribution < 1.29 is 9.47 Å². The van der Waals surface area contributed by atoms with Gasteiger partial charge < -0.3 is 9.47 Å². The zero-order valence-electron chi connectivity index (χ0n) is 10.2. The zero-order chi connectivity index (χ0) is 11.4. The van der Waals surface area contributed by atoms with Crippen LogP contribution in [0.2, 0.25) is 0 Å². The number of hydrogen-bond acceptors (Lipinski definition) is 4. The van der Waals surface area contributed by atoms with E-state index in [0.717, 1.165) is 45.5 Å². The summed E-state index contributed by atoms with van der Waals surface area (Å²) in [6, 6.07) is 0.399. The van der Waals surface area contributed by atoms with Gasteiger partial charge in [0.05, 0.1) is 6.10 Å². The molecule has 2 fully saturated rings. The first kappa shape index (κ1) is 12.3. The number of ether oxygens (including phenoxy) is 2. The lowest BCUT2D eigenvalue weighted by Gasteiger charge is -2.35. The normalized spacial score (nSPS) is 34.1. The first-order valence-electron chi connectivity index (χ1n) is 6.52. The maximum absolute atomic E-state index is 5.76. The molecule has 0 amide bonds. The topological polar surface area (TPSA) is 56.5 Å². The van der Waals surface area contributed by atoms with Crippen LogP contribution in [0.5, 0.6) is 0 Å². The van der Waals surface area contributed by atoms with Gasteiger partial charge in [0.25, 0.3) is 0 Å². The van der Waals surface area contributed by atoms with Crippen LogP contribution in [0, 0.1) is 11.8 Å². The van der Waals surface area contributed by atoms with E-state index in [2.05, 4.69) is 12.3 Å². The Balaban J connectivity index is 1.97. The van der Waals surface area contributed by atoms with Gasteiger partial charge in [0.15, 0.2) is 0 Å². The van der Waals surface area contributed by atoms with Gasteiger partial charge in [-0.05, 0) is 31.6 Å². The Bertz CT molecular complexity index is 207. The smallest absolute Gasteiger partial charge is 0.0617 e. The van der Waals surface area contributed by atoms with Gasteiger partial charge in [0.2, 0.25) is 0 Å². The fraction of sp³-hybridized carbons (Fsp3) is 1.00. The van der Waals surface area contributed by atoms with Crippen molar-refractivity contribution in [2.45, 2.75) is 44.8 Å². The van der Waals surface area contributed by atoms with Gasteiger partial charge in [0.1, 0.15) is 0 Å². The Morgan fingerprint density at radius 3 is 2.62 bits per heavy atom. The largest absolute Gasteiger partial charge is 0.381 e. The Morgan fingerprint density at radius 1 is 1.25 bits per heavy atom. The summed E-state index contributed by atoms with van der Waals surface area (Å²) >= 11 is 0. The summed E-state index contributed by atoms with van der Waals surface area (Å²) in [7, 11) is 0. The molecule has 0 aromatic heterocycles. The van der Waals surface area contributed by atoms with E-state index in [0.29, 0.717) is 24.0 Å². The van der Waals surface area contributed by atoms with E-state index in [1.807, 2.05) is 0 Å².